The molecular formula is C14H13F2NO4. The highest BCUT2D eigenvalue weighted by Crippen LogP contribution is 2.27. The number of rotatable bonds is 5. The molecule has 2 amide bonds. The lowest BCUT2D eigenvalue weighted by Gasteiger charge is -2.19. The maximum atomic E-state index is 13.2. The Bertz CT molecular complexity index is 589. The van der Waals surface area contributed by atoms with Crippen LogP contribution in [0.15, 0.2) is 12.1 Å². The average molecular weight is 297 g/mol. The molecule has 1 aromatic rings. The number of carboxylic acid groups (broad SMARTS) is 1. The molecule has 1 unspecified atom stereocenters. The summed E-state index contributed by atoms with van der Waals surface area (Å²) in [6, 6.07) is 1.39. The summed E-state index contributed by atoms with van der Waals surface area (Å²) in [5, 5.41) is 8.78. The number of hydrogen-bond donors (Lipinski definition) is 1. The van der Waals surface area contributed by atoms with E-state index in [4.69, 9.17) is 5.11 Å². The second-order valence-corrected chi connectivity index (χ2v) is 4.90. The number of nitrogens with zero attached hydrogens (tertiary/aromatic N) is 1. The third kappa shape index (κ3) is 2.76. The summed E-state index contributed by atoms with van der Waals surface area (Å²) in [5.74, 6) is -5.28. The fourth-order valence-corrected chi connectivity index (χ4v) is 2.29. The third-order valence-corrected chi connectivity index (χ3v) is 3.49. The van der Waals surface area contributed by atoms with Gasteiger partial charge in [-0.25, -0.2) is 8.78 Å². The molecule has 1 aliphatic rings. The van der Waals surface area contributed by atoms with E-state index in [1.165, 1.54) is 0 Å². The van der Waals surface area contributed by atoms with Gasteiger partial charge in [-0.1, -0.05) is 13.3 Å². The van der Waals surface area contributed by atoms with Crippen LogP contribution in [0.25, 0.3) is 0 Å². The Kier molecular flexibility index (Phi) is 4.02. The van der Waals surface area contributed by atoms with Crippen molar-refractivity contribution in [3.05, 3.63) is 34.9 Å². The van der Waals surface area contributed by atoms with Crippen molar-refractivity contribution in [2.45, 2.75) is 19.8 Å². The molecular weight excluding hydrogens is 284 g/mol. The van der Waals surface area contributed by atoms with Crippen molar-refractivity contribution in [2.24, 2.45) is 5.92 Å². The van der Waals surface area contributed by atoms with E-state index in [1.807, 2.05) is 0 Å². The monoisotopic (exact) mass is 297 g/mol. The van der Waals surface area contributed by atoms with Crippen LogP contribution in [0.3, 0.4) is 0 Å². The molecule has 0 bridgehead atoms. The molecule has 0 spiro atoms. The van der Waals surface area contributed by atoms with Crippen LogP contribution in [0.5, 0.6) is 0 Å². The minimum absolute atomic E-state index is 0.0849. The molecule has 1 aromatic carbocycles. The van der Waals surface area contributed by atoms with Gasteiger partial charge >= 0.3 is 5.97 Å². The molecule has 21 heavy (non-hydrogen) atoms. The molecule has 0 radical (unpaired) electrons. The van der Waals surface area contributed by atoms with Gasteiger partial charge in [-0.05, 0) is 18.1 Å². The van der Waals surface area contributed by atoms with E-state index in [0.29, 0.717) is 18.6 Å². The Morgan fingerprint density at radius 1 is 1.19 bits per heavy atom. The van der Waals surface area contributed by atoms with Gasteiger partial charge in [0.1, 0.15) is 0 Å². The van der Waals surface area contributed by atoms with Crippen LogP contribution in [-0.4, -0.2) is 34.3 Å². The third-order valence-electron chi connectivity index (χ3n) is 3.49. The van der Waals surface area contributed by atoms with Crippen LogP contribution in [0.1, 0.15) is 40.5 Å². The Labute approximate surface area is 119 Å². The maximum Gasteiger partial charge on any atom is 0.303 e. The number of benzene rings is 1. The summed E-state index contributed by atoms with van der Waals surface area (Å²) in [6.45, 7) is 1.66. The molecule has 0 aromatic heterocycles. The van der Waals surface area contributed by atoms with E-state index >= 15 is 0 Å². The van der Waals surface area contributed by atoms with Crippen LogP contribution in [0.4, 0.5) is 8.78 Å². The second-order valence-electron chi connectivity index (χ2n) is 4.90. The van der Waals surface area contributed by atoms with Crippen LogP contribution in [-0.2, 0) is 4.79 Å². The number of aliphatic carboxylic acids is 1. The van der Waals surface area contributed by atoms with Crippen LogP contribution < -0.4 is 0 Å². The number of amides is 2. The van der Waals surface area contributed by atoms with Crippen LogP contribution in [0, 0.1) is 17.6 Å². The number of carbonyl (C=O) groups is 3. The summed E-state index contributed by atoms with van der Waals surface area (Å²) >= 11 is 0. The molecule has 1 N–H and O–H groups in total. The number of fused-ring (bicyclic) bond motifs is 1. The first kappa shape index (κ1) is 15.1. The Morgan fingerprint density at radius 2 is 1.67 bits per heavy atom. The standard InChI is InChI=1S/C14H13F2NO4/c1-2-7(3-12(18)19)6-17-13(20)8-4-10(15)11(16)5-9(8)14(17)21/h4-5,7H,2-3,6H2,1H3,(H,18,19). The number of carbonyl (C=O) groups excluding carboxylic acids is 2. The van der Waals surface area contributed by atoms with Crippen molar-refractivity contribution >= 4 is 17.8 Å². The van der Waals surface area contributed by atoms with Crippen molar-refractivity contribution in [3.8, 4) is 0 Å². The molecule has 112 valence electrons. The van der Waals surface area contributed by atoms with Crippen molar-refractivity contribution in [3.63, 3.8) is 0 Å². The minimum Gasteiger partial charge on any atom is -0.481 e. The smallest absolute Gasteiger partial charge is 0.303 e. The van der Waals surface area contributed by atoms with E-state index in [-0.39, 0.29) is 24.1 Å². The molecule has 2 rings (SSSR count). The minimum atomic E-state index is -1.20. The summed E-state index contributed by atoms with van der Waals surface area (Å²) < 4.78 is 26.3. The zero-order valence-electron chi connectivity index (χ0n) is 11.2. The topological polar surface area (TPSA) is 74.7 Å². The molecule has 0 aliphatic carbocycles. The van der Waals surface area contributed by atoms with E-state index in [1.54, 1.807) is 6.92 Å². The predicted molar refractivity (Wildman–Crippen MR) is 67.8 cm³/mol. The zero-order valence-corrected chi connectivity index (χ0v) is 11.2. The molecule has 0 saturated heterocycles. The fourth-order valence-electron chi connectivity index (χ4n) is 2.29. The first-order valence-corrected chi connectivity index (χ1v) is 6.42. The first-order valence-electron chi connectivity index (χ1n) is 6.42. The lowest BCUT2D eigenvalue weighted by Crippen LogP contribution is -2.35. The SMILES string of the molecule is CCC(CC(=O)O)CN1C(=O)c2cc(F)c(F)cc2C1=O. The van der Waals surface area contributed by atoms with Gasteiger partial charge in [0.05, 0.1) is 11.1 Å². The highest BCUT2D eigenvalue weighted by atomic mass is 19.2. The van der Waals surface area contributed by atoms with Gasteiger partial charge in [-0.15, -0.1) is 0 Å². The summed E-state index contributed by atoms with van der Waals surface area (Å²) in [7, 11) is 0. The van der Waals surface area contributed by atoms with Gasteiger partial charge in [0.15, 0.2) is 11.6 Å². The molecule has 5 nitrogen and oxygen atoms in total. The predicted octanol–water partition coefficient (Wildman–Crippen LogP) is 2.06. The largest absolute Gasteiger partial charge is 0.481 e. The van der Waals surface area contributed by atoms with E-state index in [9.17, 15) is 23.2 Å². The Balaban J connectivity index is 2.27. The molecule has 0 fully saturated rings. The number of imide groups is 1. The van der Waals surface area contributed by atoms with E-state index in [0.717, 1.165) is 4.90 Å². The maximum absolute atomic E-state index is 13.2. The van der Waals surface area contributed by atoms with Crippen LogP contribution in [0.2, 0.25) is 0 Å². The highest BCUT2D eigenvalue weighted by Gasteiger charge is 2.37. The summed E-state index contributed by atoms with van der Waals surface area (Å²) in [4.78, 5) is 35.7. The van der Waals surface area contributed by atoms with Crippen molar-refractivity contribution in [2.75, 3.05) is 6.54 Å². The van der Waals surface area contributed by atoms with Gasteiger partial charge in [0, 0.05) is 13.0 Å². The summed E-state index contributed by atoms with van der Waals surface area (Å²) in [6.07, 6.45) is 0.273. The van der Waals surface area contributed by atoms with Crippen molar-refractivity contribution < 1.29 is 28.3 Å². The van der Waals surface area contributed by atoms with Gasteiger partial charge in [-0.2, -0.15) is 0 Å². The fraction of sp³-hybridized carbons (Fsp3) is 0.357. The van der Waals surface area contributed by atoms with E-state index in [2.05, 4.69) is 0 Å². The van der Waals surface area contributed by atoms with Gasteiger partial charge in [0.2, 0.25) is 0 Å². The quantitative estimate of drug-likeness (QED) is 0.844. The lowest BCUT2D eigenvalue weighted by molar-refractivity contribution is -0.138. The normalized spacial score (nSPS) is 15.3. The Hall–Kier alpha value is -2.31. The van der Waals surface area contributed by atoms with Gasteiger partial charge < -0.3 is 5.11 Å². The average Bonchev–Trinajstić information content (AvgIpc) is 2.63. The Morgan fingerprint density at radius 3 is 2.05 bits per heavy atom. The molecule has 0 saturated carbocycles. The van der Waals surface area contributed by atoms with Crippen molar-refractivity contribution in [1.29, 1.82) is 0 Å². The number of hydrogen-bond acceptors (Lipinski definition) is 3. The van der Waals surface area contributed by atoms with Gasteiger partial charge in [0.25, 0.3) is 11.8 Å². The first-order chi connectivity index (χ1) is 9.85. The summed E-state index contributed by atoms with van der Waals surface area (Å²) in [5.41, 5.74) is -0.381. The zero-order chi connectivity index (χ0) is 15.7. The highest BCUT2D eigenvalue weighted by molar-refractivity contribution is 6.21. The number of carboxylic acids is 1. The molecule has 1 atom stereocenters. The molecule has 1 heterocycles. The lowest BCUT2D eigenvalue weighted by atomic mass is 10.0. The molecule has 7 heteroatoms. The van der Waals surface area contributed by atoms with Crippen LogP contribution >= 0.6 is 0 Å². The van der Waals surface area contributed by atoms with Crippen molar-refractivity contribution in [1.82, 2.24) is 4.90 Å². The number of halogens is 2. The van der Waals surface area contributed by atoms with E-state index < -0.39 is 35.3 Å². The second kappa shape index (κ2) is 5.59. The molecule has 1 aliphatic heterocycles. The van der Waals surface area contributed by atoms with Gasteiger partial charge in [-0.3, -0.25) is 19.3 Å².